The van der Waals surface area contributed by atoms with Gasteiger partial charge in [-0.05, 0) is 60.8 Å². The molecule has 0 saturated carbocycles. The zero-order valence-corrected chi connectivity index (χ0v) is 14.3. The molecule has 1 N–H and O–H groups in total. The van der Waals surface area contributed by atoms with Crippen molar-refractivity contribution in [1.29, 1.82) is 0 Å². The number of halogens is 1. The molecule has 112 valence electrons. The average Bonchev–Trinajstić information content (AvgIpc) is 2.54. The fourth-order valence-electron chi connectivity index (χ4n) is 2.50. The lowest BCUT2D eigenvalue weighted by Crippen LogP contribution is -2.20. The lowest BCUT2D eigenvalue weighted by molar-refractivity contribution is 0.413. The fraction of sp³-hybridized carbons (Fsp3) is 0.353. The number of rotatable bonds is 6. The first-order chi connectivity index (χ1) is 10.2. The van der Waals surface area contributed by atoms with Gasteiger partial charge in [-0.15, -0.1) is 0 Å². The number of nitrogens with one attached hydrogen (secondary N) is 1. The molecule has 4 heteroatoms. The van der Waals surface area contributed by atoms with Crippen molar-refractivity contribution in [3.63, 3.8) is 0 Å². The summed E-state index contributed by atoms with van der Waals surface area (Å²) in [5.74, 6) is 0.883. The molecule has 2 aromatic rings. The fourth-order valence-corrected chi connectivity index (χ4v) is 2.90. The van der Waals surface area contributed by atoms with Gasteiger partial charge in [0.1, 0.15) is 5.75 Å². The van der Waals surface area contributed by atoms with Crippen LogP contribution in [-0.2, 0) is 12.8 Å². The van der Waals surface area contributed by atoms with E-state index in [1.807, 2.05) is 31.6 Å². The third-order valence-electron chi connectivity index (χ3n) is 3.72. The number of aromatic nitrogens is 1. The Labute approximate surface area is 134 Å². The van der Waals surface area contributed by atoms with Crippen molar-refractivity contribution in [3.05, 3.63) is 57.8 Å². The van der Waals surface area contributed by atoms with Crippen molar-refractivity contribution in [3.8, 4) is 5.75 Å². The van der Waals surface area contributed by atoms with Crippen LogP contribution in [0.1, 0.15) is 29.7 Å². The molecule has 1 aromatic heterocycles. The molecule has 0 bridgehead atoms. The van der Waals surface area contributed by atoms with Crippen molar-refractivity contribution in [2.24, 2.45) is 0 Å². The van der Waals surface area contributed by atoms with Crippen LogP contribution in [0.5, 0.6) is 5.75 Å². The second-order valence-electron chi connectivity index (χ2n) is 4.93. The van der Waals surface area contributed by atoms with E-state index in [9.17, 15) is 0 Å². The molecule has 0 aliphatic heterocycles. The molecule has 0 fully saturated rings. The molecule has 2 rings (SSSR count). The van der Waals surface area contributed by atoms with Crippen LogP contribution in [0.25, 0.3) is 0 Å². The summed E-state index contributed by atoms with van der Waals surface area (Å²) in [5.41, 5.74) is 3.83. The Morgan fingerprint density at radius 2 is 2.10 bits per heavy atom. The molecule has 0 spiro atoms. The smallest absolute Gasteiger partial charge is 0.119 e. The summed E-state index contributed by atoms with van der Waals surface area (Å²) in [6.07, 6.45) is 5.70. The Hall–Kier alpha value is -1.39. The Bertz CT molecular complexity index is 601. The molecule has 3 nitrogen and oxygen atoms in total. The van der Waals surface area contributed by atoms with Gasteiger partial charge in [-0.25, -0.2) is 0 Å². The van der Waals surface area contributed by atoms with Crippen LogP contribution in [-0.4, -0.2) is 19.1 Å². The lowest BCUT2D eigenvalue weighted by atomic mass is 9.95. The molecule has 0 amide bonds. The molecule has 1 unspecified atom stereocenters. The third kappa shape index (κ3) is 3.83. The van der Waals surface area contributed by atoms with Gasteiger partial charge < -0.3 is 10.1 Å². The average molecular weight is 349 g/mol. The van der Waals surface area contributed by atoms with Gasteiger partial charge in [0, 0.05) is 22.9 Å². The van der Waals surface area contributed by atoms with Gasteiger partial charge in [0.15, 0.2) is 0 Å². The minimum Gasteiger partial charge on any atom is -0.497 e. The second-order valence-corrected chi connectivity index (χ2v) is 5.79. The summed E-state index contributed by atoms with van der Waals surface area (Å²) in [4.78, 5) is 4.23. The number of benzene rings is 1. The van der Waals surface area contributed by atoms with Crippen LogP contribution in [0, 0.1) is 0 Å². The highest BCUT2D eigenvalue weighted by atomic mass is 79.9. The predicted molar refractivity (Wildman–Crippen MR) is 89.8 cm³/mol. The van der Waals surface area contributed by atoms with Crippen molar-refractivity contribution in [2.45, 2.75) is 25.8 Å². The van der Waals surface area contributed by atoms with Gasteiger partial charge in [0.05, 0.1) is 7.11 Å². The van der Waals surface area contributed by atoms with Crippen LogP contribution < -0.4 is 10.1 Å². The van der Waals surface area contributed by atoms with Gasteiger partial charge >= 0.3 is 0 Å². The summed E-state index contributed by atoms with van der Waals surface area (Å²) in [6.45, 7) is 2.16. The van der Waals surface area contributed by atoms with E-state index in [2.05, 4.69) is 45.3 Å². The van der Waals surface area contributed by atoms with Crippen LogP contribution in [0.3, 0.4) is 0 Å². The summed E-state index contributed by atoms with van der Waals surface area (Å²) in [7, 11) is 3.69. The van der Waals surface area contributed by atoms with Crippen LogP contribution in [0.4, 0.5) is 0 Å². The van der Waals surface area contributed by atoms with Gasteiger partial charge in [0.2, 0.25) is 0 Å². The van der Waals surface area contributed by atoms with Crippen molar-refractivity contribution >= 4 is 15.9 Å². The number of hydrogen-bond acceptors (Lipinski definition) is 3. The van der Waals surface area contributed by atoms with Crippen molar-refractivity contribution in [1.82, 2.24) is 10.3 Å². The molecule has 1 aromatic carbocycles. The first-order valence-corrected chi connectivity index (χ1v) is 7.91. The van der Waals surface area contributed by atoms with Crippen molar-refractivity contribution < 1.29 is 4.74 Å². The second kappa shape index (κ2) is 7.57. The lowest BCUT2D eigenvalue weighted by Gasteiger charge is -2.20. The first-order valence-electron chi connectivity index (χ1n) is 7.12. The molecular formula is C17H21BrN2O. The number of nitrogens with zero attached hydrogens (tertiary/aromatic N) is 1. The SMILES string of the molecule is CCc1cnccc1C(Cc1cc(OC)ccc1Br)NC. The highest BCUT2D eigenvalue weighted by Crippen LogP contribution is 2.28. The number of pyridine rings is 1. The Morgan fingerprint density at radius 3 is 2.76 bits per heavy atom. The minimum absolute atomic E-state index is 0.256. The number of methoxy groups -OCH3 is 1. The van der Waals surface area contributed by atoms with E-state index >= 15 is 0 Å². The highest BCUT2D eigenvalue weighted by Gasteiger charge is 2.15. The van der Waals surface area contributed by atoms with Gasteiger partial charge in [-0.2, -0.15) is 0 Å². The summed E-state index contributed by atoms with van der Waals surface area (Å²) < 4.78 is 6.43. The molecular weight excluding hydrogens is 328 g/mol. The van der Waals surface area contributed by atoms with Crippen LogP contribution in [0.15, 0.2) is 41.1 Å². The van der Waals surface area contributed by atoms with E-state index in [-0.39, 0.29) is 6.04 Å². The predicted octanol–water partition coefficient (Wildman–Crippen LogP) is 3.92. The van der Waals surface area contributed by atoms with Crippen molar-refractivity contribution in [2.75, 3.05) is 14.2 Å². The molecule has 0 aliphatic rings. The maximum atomic E-state index is 5.32. The Morgan fingerprint density at radius 1 is 1.29 bits per heavy atom. The Kier molecular flexibility index (Phi) is 5.76. The maximum absolute atomic E-state index is 5.32. The quantitative estimate of drug-likeness (QED) is 0.858. The normalized spacial score (nSPS) is 12.2. The van der Waals surface area contributed by atoms with E-state index < -0.39 is 0 Å². The van der Waals surface area contributed by atoms with Gasteiger partial charge in [0.25, 0.3) is 0 Å². The monoisotopic (exact) mass is 348 g/mol. The number of likely N-dealkylation sites (N-methyl/N-ethyl adjacent to an activating group) is 1. The zero-order chi connectivity index (χ0) is 15.2. The summed E-state index contributed by atoms with van der Waals surface area (Å²) >= 11 is 3.63. The van der Waals surface area contributed by atoms with Gasteiger partial charge in [-0.1, -0.05) is 22.9 Å². The first kappa shape index (κ1) is 16.0. The maximum Gasteiger partial charge on any atom is 0.119 e. The third-order valence-corrected chi connectivity index (χ3v) is 4.50. The summed E-state index contributed by atoms with van der Waals surface area (Å²) in [6, 6.07) is 8.45. The largest absolute Gasteiger partial charge is 0.497 e. The zero-order valence-electron chi connectivity index (χ0n) is 12.7. The standard InChI is InChI=1S/C17H21BrN2O/c1-4-12-11-20-8-7-15(12)17(19-2)10-13-9-14(21-3)5-6-16(13)18/h5-9,11,17,19H,4,10H2,1-3H3. The van der Waals surface area contributed by atoms with E-state index in [4.69, 9.17) is 4.74 Å². The number of hydrogen-bond donors (Lipinski definition) is 1. The van der Waals surface area contributed by atoms with E-state index in [1.165, 1.54) is 16.7 Å². The molecule has 0 saturated heterocycles. The molecule has 21 heavy (non-hydrogen) atoms. The number of ether oxygens (including phenoxy) is 1. The minimum atomic E-state index is 0.256. The molecule has 0 aliphatic carbocycles. The van der Waals surface area contributed by atoms with Crippen LogP contribution >= 0.6 is 15.9 Å². The summed E-state index contributed by atoms with van der Waals surface area (Å²) in [5, 5.41) is 3.42. The molecule has 1 heterocycles. The van der Waals surface area contributed by atoms with E-state index in [0.717, 1.165) is 23.1 Å². The molecule has 1 atom stereocenters. The van der Waals surface area contributed by atoms with Crippen LogP contribution in [0.2, 0.25) is 0 Å². The van der Waals surface area contributed by atoms with E-state index in [0.29, 0.717) is 0 Å². The van der Waals surface area contributed by atoms with Gasteiger partial charge in [-0.3, -0.25) is 4.98 Å². The topological polar surface area (TPSA) is 34.1 Å². The van der Waals surface area contributed by atoms with E-state index in [1.54, 1.807) is 7.11 Å². The molecule has 0 radical (unpaired) electrons. The highest BCUT2D eigenvalue weighted by molar-refractivity contribution is 9.10. The Balaban J connectivity index is 2.31. The number of aryl methyl sites for hydroxylation is 1.